The van der Waals surface area contributed by atoms with Gasteiger partial charge in [-0.1, -0.05) is 78.9 Å². The largest absolute Gasteiger partial charge is 0.456 e. The van der Waals surface area contributed by atoms with Gasteiger partial charge in [0.15, 0.2) is 0 Å². The van der Waals surface area contributed by atoms with Crippen LogP contribution in [0.15, 0.2) is 108 Å². The Morgan fingerprint density at radius 3 is 1.69 bits per heavy atom. The summed E-state index contributed by atoms with van der Waals surface area (Å²) >= 11 is 4.73. The van der Waals surface area contributed by atoms with E-state index in [4.69, 9.17) is 17.4 Å². The zero-order chi connectivity index (χ0) is 17.8. The van der Waals surface area contributed by atoms with Crippen molar-refractivity contribution in [1.82, 2.24) is 0 Å². The summed E-state index contributed by atoms with van der Waals surface area (Å²) in [6.07, 6.45) is 0. The first-order chi connectivity index (χ1) is 12.8. The molecule has 0 atom stereocenters. The first kappa shape index (κ1) is 16.5. The number of hydrogen-bond acceptors (Lipinski definition) is 2. The van der Waals surface area contributed by atoms with Crippen molar-refractivity contribution >= 4 is 12.6 Å². The van der Waals surface area contributed by atoms with E-state index in [9.17, 15) is 0 Å². The molecule has 26 heavy (non-hydrogen) atoms. The van der Waals surface area contributed by atoms with Gasteiger partial charge in [0, 0.05) is 16.0 Å². The molecule has 4 rings (SSSR count). The highest BCUT2D eigenvalue weighted by Crippen LogP contribution is 2.44. The third-order valence-electron chi connectivity index (χ3n) is 4.25. The van der Waals surface area contributed by atoms with Crippen molar-refractivity contribution in [1.29, 1.82) is 0 Å². The van der Waals surface area contributed by atoms with E-state index in [1.54, 1.807) is 0 Å². The molecule has 0 fully saturated rings. The quantitative estimate of drug-likeness (QED) is 0.384. The zero-order valence-corrected chi connectivity index (χ0v) is 15.1. The second-order valence-corrected chi connectivity index (χ2v) is 6.47. The fourth-order valence-electron chi connectivity index (χ4n) is 3.01. The van der Waals surface area contributed by atoms with Crippen LogP contribution in [0.4, 0.5) is 0 Å². The van der Waals surface area contributed by atoms with Crippen molar-refractivity contribution in [2.75, 3.05) is 0 Å². The molecule has 0 aliphatic carbocycles. The maximum absolute atomic E-state index is 6.38. The van der Waals surface area contributed by atoms with E-state index in [0.717, 1.165) is 38.6 Å². The van der Waals surface area contributed by atoms with Crippen molar-refractivity contribution in [3.8, 4) is 33.8 Å². The van der Waals surface area contributed by atoms with Gasteiger partial charge in [-0.25, -0.2) is 0 Å². The Bertz CT molecular complexity index is 996. The van der Waals surface area contributed by atoms with Crippen LogP contribution in [0.3, 0.4) is 0 Å². The lowest BCUT2D eigenvalue weighted by Gasteiger charge is -2.18. The Morgan fingerprint density at radius 2 is 1.08 bits per heavy atom. The monoisotopic (exact) mass is 354 g/mol. The number of para-hydroxylation sites is 1. The van der Waals surface area contributed by atoms with Crippen LogP contribution in [0.5, 0.6) is 11.5 Å². The molecule has 2 heteroatoms. The molecule has 0 N–H and O–H groups in total. The molecule has 0 saturated carbocycles. The van der Waals surface area contributed by atoms with Crippen LogP contribution in [0, 0.1) is 0 Å². The summed E-state index contributed by atoms with van der Waals surface area (Å²) in [5, 5.41) is 0. The Labute approximate surface area is 159 Å². The third kappa shape index (κ3) is 3.37. The van der Waals surface area contributed by atoms with Crippen molar-refractivity contribution in [2.24, 2.45) is 0 Å². The summed E-state index contributed by atoms with van der Waals surface area (Å²) in [4.78, 5) is 0.891. The highest BCUT2D eigenvalue weighted by molar-refractivity contribution is 7.80. The highest BCUT2D eigenvalue weighted by atomic mass is 32.1. The standard InChI is InChI=1S/C24H18OS/c26-22-17-16-21(18-10-4-1-5-11-18)24(25-20-14-8-3-9-15-20)23(22)19-12-6-2-7-13-19/h1-17,26H. The van der Waals surface area contributed by atoms with Crippen LogP contribution < -0.4 is 4.74 Å². The van der Waals surface area contributed by atoms with E-state index >= 15 is 0 Å². The molecule has 4 aromatic rings. The normalized spacial score (nSPS) is 10.5. The third-order valence-corrected chi connectivity index (χ3v) is 4.62. The SMILES string of the molecule is Sc1ccc(-c2ccccc2)c(Oc2ccccc2)c1-c1ccccc1. The van der Waals surface area contributed by atoms with Gasteiger partial charge in [-0.2, -0.15) is 0 Å². The summed E-state index contributed by atoms with van der Waals surface area (Å²) < 4.78 is 6.38. The van der Waals surface area contributed by atoms with E-state index in [2.05, 4.69) is 30.3 Å². The minimum absolute atomic E-state index is 0.806. The van der Waals surface area contributed by atoms with Crippen LogP contribution in [-0.2, 0) is 0 Å². The highest BCUT2D eigenvalue weighted by Gasteiger charge is 2.17. The van der Waals surface area contributed by atoms with Crippen LogP contribution in [0.2, 0.25) is 0 Å². The number of thiol groups is 1. The fourth-order valence-corrected chi connectivity index (χ4v) is 3.32. The maximum Gasteiger partial charge on any atom is 0.144 e. The Balaban J connectivity index is 1.95. The maximum atomic E-state index is 6.38. The van der Waals surface area contributed by atoms with Gasteiger partial charge in [0.05, 0.1) is 0 Å². The van der Waals surface area contributed by atoms with E-state index < -0.39 is 0 Å². The second-order valence-electron chi connectivity index (χ2n) is 5.98. The molecule has 0 aromatic heterocycles. The van der Waals surface area contributed by atoms with Crippen LogP contribution in [0.1, 0.15) is 0 Å². The van der Waals surface area contributed by atoms with Crippen LogP contribution in [0.25, 0.3) is 22.3 Å². The summed E-state index contributed by atoms with van der Waals surface area (Å²) in [5.41, 5.74) is 4.25. The molecule has 0 radical (unpaired) electrons. The number of ether oxygens (including phenoxy) is 1. The second kappa shape index (κ2) is 7.51. The minimum Gasteiger partial charge on any atom is -0.456 e. The van der Waals surface area contributed by atoms with Gasteiger partial charge < -0.3 is 4.74 Å². The smallest absolute Gasteiger partial charge is 0.144 e. The topological polar surface area (TPSA) is 9.23 Å². The van der Waals surface area contributed by atoms with E-state index in [1.807, 2.05) is 72.8 Å². The molecule has 126 valence electrons. The van der Waals surface area contributed by atoms with E-state index in [-0.39, 0.29) is 0 Å². The van der Waals surface area contributed by atoms with Crippen molar-refractivity contribution in [2.45, 2.75) is 4.90 Å². The minimum atomic E-state index is 0.806. The van der Waals surface area contributed by atoms with Gasteiger partial charge in [0.2, 0.25) is 0 Å². The Kier molecular flexibility index (Phi) is 4.76. The fraction of sp³-hybridized carbons (Fsp3) is 0. The van der Waals surface area contributed by atoms with Gasteiger partial charge in [-0.3, -0.25) is 0 Å². The molecule has 0 spiro atoms. The summed E-state index contributed by atoms with van der Waals surface area (Å²) in [5.74, 6) is 1.63. The number of hydrogen-bond donors (Lipinski definition) is 1. The van der Waals surface area contributed by atoms with E-state index in [1.165, 1.54) is 0 Å². The molecule has 0 aliphatic heterocycles. The van der Waals surface area contributed by atoms with Crippen LogP contribution >= 0.6 is 12.6 Å². The summed E-state index contributed by atoms with van der Waals surface area (Å²) in [7, 11) is 0. The van der Waals surface area contributed by atoms with Gasteiger partial charge in [0.25, 0.3) is 0 Å². The first-order valence-electron chi connectivity index (χ1n) is 8.52. The van der Waals surface area contributed by atoms with Gasteiger partial charge >= 0.3 is 0 Å². The molecule has 0 amide bonds. The van der Waals surface area contributed by atoms with Crippen LogP contribution in [-0.4, -0.2) is 0 Å². The average Bonchev–Trinajstić information content (AvgIpc) is 2.70. The lowest BCUT2D eigenvalue weighted by atomic mass is 9.97. The molecule has 0 aliphatic rings. The molecule has 4 aromatic carbocycles. The predicted octanol–water partition coefficient (Wildman–Crippen LogP) is 7.10. The van der Waals surface area contributed by atoms with Crippen molar-refractivity contribution in [3.05, 3.63) is 103 Å². The predicted molar refractivity (Wildman–Crippen MR) is 111 cm³/mol. The molecular formula is C24H18OS. The van der Waals surface area contributed by atoms with Gasteiger partial charge in [0.1, 0.15) is 11.5 Å². The average molecular weight is 354 g/mol. The van der Waals surface area contributed by atoms with Crippen molar-refractivity contribution < 1.29 is 4.74 Å². The molecule has 1 nitrogen and oxygen atoms in total. The lowest BCUT2D eigenvalue weighted by molar-refractivity contribution is 0.485. The summed E-state index contributed by atoms with van der Waals surface area (Å²) in [6.45, 7) is 0. The molecule has 0 heterocycles. The first-order valence-corrected chi connectivity index (χ1v) is 8.97. The Hall–Kier alpha value is -2.97. The molecule has 0 bridgehead atoms. The molecule has 0 unspecified atom stereocenters. The molecule has 0 saturated heterocycles. The van der Waals surface area contributed by atoms with Gasteiger partial charge in [-0.15, -0.1) is 12.6 Å². The van der Waals surface area contributed by atoms with Gasteiger partial charge in [-0.05, 0) is 35.4 Å². The summed E-state index contributed by atoms with van der Waals surface area (Å²) in [6, 6.07) is 34.5. The lowest BCUT2D eigenvalue weighted by Crippen LogP contribution is -1.93. The van der Waals surface area contributed by atoms with Crippen molar-refractivity contribution in [3.63, 3.8) is 0 Å². The zero-order valence-electron chi connectivity index (χ0n) is 14.2. The molecular weight excluding hydrogens is 336 g/mol. The number of rotatable bonds is 4. The Morgan fingerprint density at radius 1 is 0.538 bits per heavy atom. The van der Waals surface area contributed by atoms with E-state index in [0.29, 0.717) is 0 Å². The number of benzene rings is 4.